The number of hydrazine groups is 1. The Balaban J connectivity index is 2.06. The summed E-state index contributed by atoms with van der Waals surface area (Å²) in [5.41, 5.74) is 0. The maximum absolute atomic E-state index is 4.36. The van der Waals surface area contributed by atoms with Crippen LogP contribution in [0.15, 0.2) is 4.99 Å². The molecule has 2 aliphatic rings. The van der Waals surface area contributed by atoms with Gasteiger partial charge in [-0.15, -0.1) is 0 Å². The van der Waals surface area contributed by atoms with Gasteiger partial charge in [0.25, 0.3) is 0 Å². The lowest BCUT2D eigenvalue weighted by Gasteiger charge is -2.26. The summed E-state index contributed by atoms with van der Waals surface area (Å²) in [5.74, 6) is 1.16. The summed E-state index contributed by atoms with van der Waals surface area (Å²) in [7, 11) is 0. The summed E-state index contributed by atoms with van der Waals surface area (Å²) in [6, 6.07) is 0. The minimum Gasteiger partial charge on any atom is -0.314 e. The maximum Gasteiger partial charge on any atom is 0.112 e. The summed E-state index contributed by atoms with van der Waals surface area (Å²) in [5, 5.41) is 7.91. The average molecular weight is 154 g/mol. The van der Waals surface area contributed by atoms with E-state index in [1.807, 2.05) is 0 Å². The molecule has 1 saturated heterocycles. The number of nitrogens with one attached hydrogen (secondary N) is 1. The second-order valence-electron chi connectivity index (χ2n) is 2.95. The molecule has 0 unspecified atom stereocenters. The van der Waals surface area contributed by atoms with Crippen LogP contribution in [0.4, 0.5) is 0 Å². The lowest BCUT2D eigenvalue weighted by Crippen LogP contribution is -2.41. The fraction of sp³-hybridized carbons (Fsp3) is 0.857. The predicted octanol–water partition coefficient (Wildman–Crippen LogP) is -0.502. The van der Waals surface area contributed by atoms with E-state index in [1.165, 1.54) is 0 Å². The van der Waals surface area contributed by atoms with E-state index in [9.17, 15) is 0 Å². The van der Waals surface area contributed by atoms with E-state index in [0.717, 1.165) is 38.7 Å². The Morgan fingerprint density at radius 3 is 3.09 bits per heavy atom. The molecule has 0 aliphatic carbocycles. The molecule has 2 aliphatic heterocycles. The Bertz CT molecular complexity index is 177. The maximum atomic E-state index is 4.36. The van der Waals surface area contributed by atoms with Gasteiger partial charge in [-0.3, -0.25) is 10.0 Å². The Morgan fingerprint density at radius 2 is 2.18 bits per heavy atom. The molecule has 2 heterocycles. The number of rotatable bonds is 0. The summed E-state index contributed by atoms with van der Waals surface area (Å²) in [6.45, 7) is 7.23. The Labute approximate surface area is 66.9 Å². The second kappa shape index (κ2) is 2.79. The van der Waals surface area contributed by atoms with Crippen LogP contribution in [0.3, 0.4) is 0 Å². The zero-order valence-corrected chi connectivity index (χ0v) is 6.88. The predicted molar refractivity (Wildman–Crippen MR) is 44.3 cm³/mol. The molecule has 0 bridgehead atoms. The molecule has 2 rings (SSSR count). The smallest absolute Gasteiger partial charge is 0.112 e. The van der Waals surface area contributed by atoms with Crippen LogP contribution in [0.2, 0.25) is 0 Å². The van der Waals surface area contributed by atoms with Gasteiger partial charge in [0.1, 0.15) is 12.5 Å². The normalized spacial score (nSPS) is 26.3. The van der Waals surface area contributed by atoms with Crippen molar-refractivity contribution in [2.45, 2.75) is 6.92 Å². The minimum atomic E-state index is 0.855. The molecular weight excluding hydrogens is 140 g/mol. The van der Waals surface area contributed by atoms with Gasteiger partial charge in [0.05, 0.1) is 0 Å². The van der Waals surface area contributed by atoms with E-state index < -0.39 is 0 Å². The van der Waals surface area contributed by atoms with Gasteiger partial charge >= 0.3 is 0 Å². The van der Waals surface area contributed by atoms with Crippen molar-refractivity contribution >= 4 is 5.84 Å². The van der Waals surface area contributed by atoms with Crippen molar-refractivity contribution in [2.75, 3.05) is 32.8 Å². The van der Waals surface area contributed by atoms with Crippen LogP contribution in [0, 0.1) is 0 Å². The molecule has 0 amide bonds. The molecule has 4 heteroatoms. The van der Waals surface area contributed by atoms with Crippen LogP contribution in [-0.2, 0) is 0 Å². The topological polar surface area (TPSA) is 30.9 Å². The number of nitrogens with zero attached hydrogens (tertiary/aromatic N) is 3. The van der Waals surface area contributed by atoms with E-state index in [0.29, 0.717) is 0 Å². The third-order valence-corrected chi connectivity index (χ3v) is 2.22. The molecule has 0 atom stereocenters. The van der Waals surface area contributed by atoms with Gasteiger partial charge in [0.2, 0.25) is 0 Å². The summed E-state index contributed by atoms with van der Waals surface area (Å²) in [4.78, 5) is 4.36. The molecule has 0 aromatic heterocycles. The van der Waals surface area contributed by atoms with E-state index in [-0.39, 0.29) is 0 Å². The van der Waals surface area contributed by atoms with Crippen molar-refractivity contribution in [3.8, 4) is 0 Å². The number of amidine groups is 1. The molecule has 62 valence electrons. The highest BCUT2D eigenvalue weighted by molar-refractivity contribution is 5.80. The highest BCUT2D eigenvalue weighted by atomic mass is 15.7. The zero-order valence-electron chi connectivity index (χ0n) is 6.88. The van der Waals surface area contributed by atoms with Crippen molar-refractivity contribution < 1.29 is 0 Å². The number of hydrogen-bond acceptors (Lipinski definition) is 4. The van der Waals surface area contributed by atoms with Crippen molar-refractivity contribution in [1.82, 2.24) is 15.3 Å². The fourth-order valence-electron chi connectivity index (χ4n) is 1.56. The van der Waals surface area contributed by atoms with Gasteiger partial charge in [0, 0.05) is 26.2 Å². The second-order valence-corrected chi connectivity index (χ2v) is 2.95. The minimum absolute atomic E-state index is 0.855. The van der Waals surface area contributed by atoms with Crippen LogP contribution in [0.5, 0.6) is 0 Å². The van der Waals surface area contributed by atoms with Crippen molar-refractivity contribution in [3.05, 3.63) is 0 Å². The molecule has 1 fully saturated rings. The van der Waals surface area contributed by atoms with E-state index >= 15 is 0 Å². The standard InChI is InChI=1S/C7H14N4/c1-7-9-6-10-4-2-8-3-5-11(7)10/h8H,2-6H2,1H3. The van der Waals surface area contributed by atoms with Gasteiger partial charge < -0.3 is 5.32 Å². The number of hydrogen-bond donors (Lipinski definition) is 1. The summed E-state index contributed by atoms with van der Waals surface area (Å²) in [6.07, 6.45) is 0. The molecule has 4 nitrogen and oxygen atoms in total. The Morgan fingerprint density at radius 1 is 1.36 bits per heavy atom. The summed E-state index contributed by atoms with van der Waals surface area (Å²) < 4.78 is 0. The molecule has 0 spiro atoms. The molecule has 0 aromatic carbocycles. The average Bonchev–Trinajstić information content (AvgIpc) is 2.25. The molecule has 0 saturated carbocycles. The first kappa shape index (κ1) is 7.06. The van der Waals surface area contributed by atoms with Crippen LogP contribution in [0.25, 0.3) is 0 Å². The SMILES string of the molecule is CC1=NCN2CCNCCN12. The Hall–Kier alpha value is -0.610. The molecule has 1 N–H and O–H groups in total. The zero-order chi connectivity index (χ0) is 7.68. The number of fused-ring (bicyclic) bond motifs is 1. The Kier molecular flexibility index (Phi) is 1.79. The van der Waals surface area contributed by atoms with Crippen LogP contribution >= 0.6 is 0 Å². The highest BCUT2D eigenvalue weighted by Crippen LogP contribution is 2.08. The van der Waals surface area contributed by atoms with Gasteiger partial charge in [-0.25, -0.2) is 0 Å². The first-order valence-corrected chi connectivity index (χ1v) is 4.12. The lowest BCUT2D eigenvalue weighted by atomic mass is 10.5. The first-order chi connectivity index (χ1) is 5.38. The quantitative estimate of drug-likeness (QED) is 0.510. The van der Waals surface area contributed by atoms with E-state index in [2.05, 4.69) is 27.3 Å². The van der Waals surface area contributed by atoms with Gasteiger partial charge in [-0.05, 0) is 6.92 Å². The third kappa shape index (κ3) is 1.23. The fourth-order valence-corrected chi connectivity index (χ4v) is 1.56. The van der Waals surface area contributed by atoms with Gasteiger partial charge in [-0.1, -0.05) is 0 Å². The van der Waals surface area contributed by atoms with Crippen LogP contribution in [-0.4, -0.2) is 48.7 Å². The van der Waals surface area contributed by atoms with Crippen LogP contribution < -0.4 is 5.32 Å². The largest absolute Gasteiger partial charge is 0.314 e. The third-order valence-electron chi connectivity index (χ3n) is 2.22. The lowest BCUT2D eigenvalue weighted by molar-refractivity contribution is 0.0865. The first-order valence-electron chi connectivity index (χ1n) is 4.12. The highest BCUT2D eigenvalue weighted by Gasteiger charge is 2.22. The summed E-state index contributed by atoms with van der Waals surface area (Å²) >= 11 is 0. The van der Waals surface area contributed by atoms with Crippen molar-refractivity contribution in [3.63, 3.8) is 0 Å². The molecule has 11 heavy (non-hydrogen) atoms. The van der Waals surface area contributed by atoms with E-state index in [1.54, 1.807) is 0 Å². The molecular formula is C7H14N4. The van der Waals surface area contributed by atoms with Gasteiger partial charge in [0.15, 0.2) is 0 Å². The van der Waals surface area contributed by atoms with Crippen molar-refractivity contribution in [1.29, 1.82) is 0 Å². The van der Waals surface area contributed by atoms with Crippen molar-refractivity contribution in [2.24, 2.45) is 4.99 Å². The molecule has 0 radical (unpaired) electrons. The molecule has 0 aromatic rings. The van der Waals surface area contributed by atoms with Crippen LogP contribution in [0.1, 0.15) is 6.92 Å². The monoisotopic (exact) mass is 154 g/mol. The van der Waals surface area contributed by atoms with Gasteiger partial charge in [-0.2, -0.15) is 5.01 Å². The number of aliphatic imine (C=N–C) groups is 1. The van der Waals surface area contributed by atoms with E-state index in [4.69, 9.17) is 0 Å².